The van der Waals surface area contributed by atoms with E-state index in [4.69, 9.17) is 14.2 Å². The van der Waals surface area contributed by atoms with E-state index < -0.39 is 41.5 Å². The first-order valence-corrected chi connectivity index (χ1v) is 11.3. The Morgan fingerprint density at radius 3 is 2.62 bits per heavy atom. The maximum atomic E-state index is 11.8. The van der Waals surface area contributed by atoms with Crippen LogP contribution in [0.3, 0.4) is 0 Å². The average Bonchev–Trinajstić information content (AvgIpc) is 2.74. The number of hydrogen-bond donors (Lipinski definition) is 6. The van der Waals surface area contributed by atoms with Crippen LogP contribution in [0.4, 0.5) is 0 Å². The number of rotatable bonds is 6. The highest BCUT2D eigenvalue weighted by Gasteiger charge is 2.72. The molecule has 3 fully saturated rings. The van der Waals surface area contributed by atoms with Gasteiger partial charge in [0.2, 0.25) is 5.79 Å². The van der Waals surface area contributed by atoms with E-state index in [1.165, 1.54) is 0 Å². The van der Waals surface area contributed by atoms with Gasteiger partial charge in [0.05, 0.1) is 24.4 Å². The normalized spacial score (nSPS) is 46.3. The molecule has 2 saturated heterocycles. The summed E-state index contributed by atoms with van der Waals surface area (Å²) in [6, 6.07) is 3.05. The predicted molar refractivity (Wildman–Crippen MR) is 115 cm³/mol. The lowest BCUT2D eigenvalue weighted by Crippen LogP contribution is -2.82. The summed E-state index contributed by atoms with van der Waals surface area (Å²) in [6.07, 6.45) is 1.79. The van der Waals surface area contributed by atoms with Gasteiger partial charge < -0.3 is 45.5 Å². The third kappa shape index (κ3) is 3.87. The number of hydrogen-bond acceptors (Lipinski definition) is 10. The molecular formula is C22H36N4O6. The van der Waals surface area contributed by atoms with Crippen LogP contribution >= 0.6 is 0 Å². The van der Waals surface area contributed by atoms with Crippen LogP contribution in [-0.4, -0.2) is 94.6 Å². The quantitative estimate of drug-likeness (QED) is 0.314. The van der Waals surface area contributed by atoms with Crippen LogP contribution in [0, 0.1) is 0 Å². The number of aromatic nitrogens is 1. The summed E-state index contributed by atoms with van der Waals surface area (Å²) in [5.74, 6) is -3.74. The fourth-order valence-electron chi connectivity index (χ4n) is 5.55. The lowest BCUT2D eigenvalue weighted by molar-refractivity contribution is -0.516. The van der Waals surface area contributed by atoms with Crippen LogP contribution in [0.1, 0.15) is 32.3 Å². The zero-order chi connectivity index (χ0) is 23.1. The molecule has 0 aromatic carbocycles. The molecule has 9 unspecified atom stereocenters. The predicted octanol–water partition coefficient (Wildman–Crippen LogP) is -1.16. The summed E-state index contributed by atoms with van der Waals surface area (Å²) >= 11 is 0. The van der Waals surface area contributed by atoms with Crippen LogP contribution in [0.5, 0.6) is 0 Å². The van der Waals surface area contributed by atoms with Crippen molar-refractivity contribution >= 4 is 0 Å². The Labute approximate surface area is 188 Å². The molecule has 1 aliphatic carbocycles. The Hall–Kier alpha value is -1.21. The molecule has 1 aromatic heterocycles. The molecular weight excluding hydrogens is 416 g/mol. The third-order valence-corrected chi connectivity index (χ3v) is 7.14. The van der Waals surface area contributed by atoms with Crippen molar-refractivity contribution in [3.8, 4) is 0 Å². The van der Waals surface area contributed by atoms with Gasteiger partial charge >= 0.3 is 0 Å². The molecule has 0 radical (unpaired) electrons. The molecule has 0 bridgehead atoms. The van der Waals surface area contributed by atoms with Gasteiger partial charge in [-0.3, -0.25) is 4.98 Å². The van der Waals surface area contributed by atoms with E-state index in [0.29, 0.717) is 13.0 Å². The number of aliphatic hydroxyl groups excluding tert-OH is 1. The topological polar surface area (TPSA) is 137 Å². The Morgan fingerprint density at radius 2 is 1.97 bits per heavy atom. The fourth-order valence-corrected chi connectivity index (χ4v) is 5.55. The van der Waals surface area contributed by atoms with Gasteiger partial charge in [-0.15, -0.1) is 0 Å². The number of nitrogens with zero attached hydrogens (tertiary/aromatic N) is 1. The minimum atomic E-state index is -2.16. The molecule has 3 aliphatic rings. The highest BCUT2D eigenvalue weighted by Crippen LogP contribution is 2.51. The van der Waals surface area contributed by atoms with Crippen molar-refractivity contribution in [3.05, 3.63) is 30.1 Å². The summed E-state index contributed by atoms with van der Waals surface area (Å²) in [7, 11) is 3.51. The van der Waals surface area contributed by atoms with E-state index in [0.717, 1.165) is 5.56 Å². The lowest BCUT2D eigenvalue weighted by atomic mass is 9.75. The van der Waals surface area contributed by atoms with Gasteiger partial charge in [-0.25, -0.2) is 0 Å². The second-order valence-electron chi connectivity index (χ2n) is 9.39. The minimum absolute atomic E-state index is 0.0499. The molecule has 3 heterocycles. The number of ether oxygens (including phenoxy) is 3. The van der Waals surface area contributed by atoms with Crippen molar-refractivity contribution in [2.45, 2.75) is 86.9 Å². The highest BCUT2D eigenvalue weighted by atomic mass is 16.8. The monoisotopic (exact) mass is 452 g/mol. The summed E-state index contributed by atoms with van der Waals surface area (Å²) in [6.45, 7) is 3.96. The maximum absolute atomic E-state index is 11.8. The summed E-state index contributed by atoms with van der Waals surface area (Å²) < 4.78 is 18.7. The fraction of sp³-hybridized carbons (Fsp3) is 0.773. The molecule has 2 aliphatic heterocycles. The van der Waals surface area contributed by atoms with Gasteiger partial charge in [-0.2, -0.15) is 0 Å². The lowest BCUT2D eigenvalue weighted by Gasteiger charge is -2.63. The number of aliphatic hydroxyl groups is 3. The average molecular weight is 453 g/mol. The van der Waals surface area contributed by atoms with Gasteiger partial charge in [0.1, 0.15) is 11.7 Å². The highest BCUT2D eigenvalue weighted by molar-refractivity contribution is 5.14. The molecule has 0 amide bonds. The summed E-state index contributed by atoms with van der Waals surface area (Å²) in [4.78, 5) is 4.10. The van der Waals surface area contributed by atoms with E-state index in [1.54, 1.807) is 33.4 Å². The number of pyridine rings is 1. The standard InChI is InChI=1S/C22H36N4O6/c1-13-9-21(28,12-26-11-14-6-5-7-25-10-14)22(29)20(2,30-13)31-16-8-15(23-3)18(27)17(24-4)19(16)32-22/h5-7,10,13,15-19,23-24,26-29H,8-9,11-12H2,1-4H3. The SMILES string of the molecule is CNC1CC2OC3(C)OC(C)CC(O)(CNCc4cccnc4)C3(O)OC2C(NC)C1O. The molecule has 0 spiro atoms. The Bertz CT molecular complexity index is 789. The van der Waals surface area contributed by atoms with E-state index in [9.17, 15) is 15.3 Å². The molecule has 32 heavy (non-hydrogen) atoms. The van der Waals surface area contributed by atoms with Crippen molar-refractivity contribution < 1.29 is 29.5 Å². The van der Waals surface area contributed by atoms with Gasteiger partial charge in [-0.1, -0.05) is 6.07 Å². The van der Waals surface area contributed by atoms with Crippen molar-refractivity contribution in [2.24, 2.45) is 0 Å². The van der Waals surface area contributed by atoms with Gasteiger partial charge in [-0.05, 0) is 46.0 Å². The Morgan fingerprint density at radius 1 is 1.19 bits per heavy atom. The van der Waals surface area contributed by atoms with Crippen LogP contribution in [0.15, 0.2) is 24.5 Å². The summed E-state index contributed by atoms with van der Waals surface area (Å²) in [5, 5.41) is 43.8. The minimum Gasteiger partial charge on any atom is -0.390 e. The van der Waals surface area contributed by atoms with Crippen molar-refractivity contribution in [1.29, 1.82) is 0 Å². The molecule has 6 N–H and O–H groups in total. The first-order valence-electron chi connectivity index (χ1n) is 11.3. The first kappa shape index (κ1) is 23.9. The smallest absolute Gasteiger partial charge is 0.252 e. The molecule has 1 saturated carbocycles. The van der Waals surface area contributed by atoms with Crippen molar-refractivity contribution in [1.82, 2.24) is 20.9 Å². The van der Waals surface area contributed by atoms with Crippen LogP contribution < -0.4 is 16.0 Å². The van der Waals surface area contributed by atoms with Gasteiger partial charge in [0, 0.05) is 37.9 Å². The molecule has 180 valence electrons. The Balaban J connectivity index is 1.60. The molecule has 9 atom stereocenters. The van der Waals surface area contributed by atoms with Crippen molar-refractivity contribution in [3.63, 3.8) is 0 Å². The van der Waals surface area contributed by atoms with Gasteiger partial charge in [0.15, 0.2) is 0 Å². The van der Waals surface area contributed by atoms with E-state index >= 15 is 0 Å². The van der Waals surface area contributed by atoms with Crippen LogP contribution in [0.25, 0.3) is 0 Å². The maximum Gasteiger partial charge on any atom is 0.252 e. The first-order chi connectivity index (χ1) is 15.2. The number of nitrogens with one attached hydrogen (secondary N) is 3. The van der Waals surface area contributed by atoms with Crippen molar-refractivity contribution in [2.75, 3.05) is 20.6 Å². The number of likely N-dealkylation sites (N-methyl/N-ethyl adjacent to an activating group) is 2. The molecule has 10 nitrogen and oxygen atoms in total. The second kappa shape index (κ2) is 8.86. The van der Waals surface area contributed by atoms with E-state index in [2.05, 4.69) is 20.9 Å². The second-order valence-corrected chi connectivity index (χ2v) is 9.39. The van der Waals surface area contributed by atoms with E-state index in [1.807, 2.05) is 19.1 Å². The Kier molecular flexibility index (Phi) is 6.63. The van der Waals surface area contributed by atoms with Gasteiger partial charge in [0.25, 0.3) is 5.79 Å². The van der Waals surface area contributed by atoms with Crippen LogP contribution in [0.2, 0.25) is 0 Å². The largest absolute Gasteiger partial charge is 0.390 e. The number of fused-ring (bicyclic) bond motifs is 2. The molecule has 1 aromatic rings. The molecule has 4 rings (SSSR count). The van der Waals surface area contributed by atoms with E-state index in [-0.39, 0.29) is 25.1 Å². The zero-order valence-electron chi connectivity index (χ0n) is 19.1. The summed E-state index contributed by atoms with van der Waals surface area (Å²) in [5.41, 5.74) is -0.744. The molecule has 10 heteroatoms. The van der Waals surface area contributed by atoms with Crippen LogP contribution in [-0.2, 0) is 20.8 Å². The third-order valence-electron chi connectivity index (χ3n) is 7.14. The zero-order valence-corrected chi connectivity index (χ0v) is 19.1.